The number of carbonyl (C=O) groups excluding carboxylic acids is 1. The fourth-order valence-electron chi connectivity index (χ4n) is 2.07. The molecule has 0 saturated carbocycles. The monoisotopic (exact) mass is 295 g/mol. The van der Waals surface area contributed by atoms with Crippen molar-refractivity contribution in [3.05, 3.63) is 24.3 Å². The topological polar surface area (TPSA) is 94.1 Å². The summed E-state index contributed by atoms with van der Waals surface area (Å²) in [5.41, 5.74) is 0. The summed E-state index contributed by atoms with van der Waals surface area (Å²) in [5, 5.41) is 11.6. The van der Waals surface area contributed by atoms with E-state index in [0.29, 0.717) is 11.5 Å². The Morgan fingerprint density at radius 2 is 2.05 bits per heavy atom. The van der Waals surface area contributed by atoms with Gasteiger partial charge in [0, 0.05) is 0 Å². The van der Waals surface area contributed by atoms with Crippen LogP contribution in [0.3, 0.4) is 0 Å². The SMILES string of the molecule is COc1ccccc1OCC(=O)NC1COCC1C(=O)O. The third-order valence-corrected chi connectivity index (χ3v) is 3.17. The lowest BCUT2D eigenvalue weighted by molar-refractivity contribution is -0.142. The highest BCUT2D eigenvalue weighted by Gasteiger charge is 2.35. The van der Waals surface area contributed by atoms with E-state index in [0.717, 1.165) is 0 Å². The van der Waals surface area contributed by atoms with Crippen LogP contribution >= 0.6 is 0 Å². The molecule has 7 heteroatoms. The van der Waals surface area contributed by atoms with Gasteiger partial charge in [0.2, 0.25) is 0 Å². The Morgan fingerprint density at radius 1 is 1.33 bits per heavy atom. The van der Waals surface area contributed by atoms with Crippen LogP contribution in [0.2, 0.25) is 0 Å². The molecule has 0 aliphatic carbocycles. The summed E-state index contributed by atoms with van der Waals surface area (Å²) in [5.74, 6) is -1.13. The first-order chi connectivity index (χ1) is 10.1. The molecule has 0 aromatic heterocycles. The molecule has 1 heterocycles. The molecular weight excluding hydrogens is 278 g/mol. The number of ether oxygens (including phenoxy) is 3. The number of para-hydroxylation sites is 2. The molecule has 1 aliphatic heterocycles. The smallest absolute Gasteiger partial charge is 0.311 e. The van der Waals surface area contributed by atoms with E-state index >= 15 is 0 Å². The second-order valence-electron chi connectivity index (χ2n) is 4.60. The first-order valence-electron chi connectivity index (χ1n) is 6.47. The molecule has 7 nitrogen and oxygen atoms in total. The van der Waals surface area contributed by atoms with Crippen LogP contribution in [-0.4, -0.2) is 50.0 Å². The lowest BCUT2D eigenvalue weighted by Gasteiger charge is -2.16. The van der Waals surface area contributed by atoms with Crippen LogP contribution in [-0.2, 0) is 14.3 Å². The zero-order chi connectivity index (χ0) is 15.2. The molecule has 1 aromatic carbocycles. The predicted octanol–water partition coefficient (Wildman–Crippen LogP) is 0.290. The Hall–Kier alpha value is -2.28. The Bertz CT molecular complexity index is 518. The largest absolute Gasteiger partial charge is 0.493 e. The summed E-state index contributed by atoms with van der Waals surface area (Å²) < 4.78 is 15.6. The first kappa shape index (κ1) is 15.1. The summed E-state index contributed by atoms with van der Waals surface area (Å²) in [4.78, 5) is 22.8. The van der Waals surface area contributed by atoms with E-state index in [1.165, 1.54) is 7.11 Å². The maximum atomic E-state index is 11.8. The zero-order valence-electron chi connectivity index (χ0n) is 11.6. The van der Waals surface area contributed by atoms with E-state index in [9.17, 15) is 9.59 Å². The van der Waals surface area contributed by atoms with Gasteiger partial charge in [0.05, 0.1) is 26.4 Å². The number of benzene rings is 1. The van der Waals surface area contributed by atoms with Crippen molar-refractivity contribution < 1.29 is 28.9 Å². The van der Waals surface area contributed by atoms with Crippen molar-refractivity contribution in [1.82, 2.24) is 5.32 Å². The quantitative estimate of drug-likeness (QED) is 0.783. The number of aliphatic carboxylic acids is 1. The number of amides is 1. The van der Waals surface area contributed by atoms with Gasteiger partial charge < -0.3 is 24.6 Å². The Labute approximate surface area is 121 Å². The second-order valence-corrected chi connectivity index (χ2v) is 4.60. The van der Waals surface area contributed by atoms with Gasteiger partial charge in [0.15, 0.2) is 18.1 Å². The molecule has 1 fully saturated rings. The third-order valence-electron chi connectivity index (χ3n) is 3.17. The normalized spacial score (nSPS) is 20.8. The van der Waals surface area contributed by atoms with E-state index in [4.69, 9.17) is 19.3 Å². The van der Waals surface area contributed by atoms with Gasteiger partial charge in [0.25, 0.3) is 5.91 Å². The van der Waals surface area contributed by atoms with Crippen molar-refractivity contribution in [2.75, 3.05) is 26.9 Å². The van der Waals surface area contributed by atoms with Gasteiger partial charge >= 0.3 is 5.97 Å². The maximum absolute atomic E-state index is 11.8. The van der Waals surface area contributed by atoms with Gasteiger partial charge in [-0.25, -0.2) is 0 Å². The minimum absolute atomic E-state index is 0.105. The molecule has 2 atom stereocenters. The third kappa shape index (κ3) is 3.85. The predicted molar refractivity (Wildman–Crippen MR) is 72.4 cm³/mol. The molecule has 1 aliphatic rings. The molecule has 1 aromatic rings. The number of carboxylic acids is 1. The average Bonchev–Trinajstić information content (AvgIpc) is 2.93. The molecular formula is C14H17NO6. The molecule has 2 N–H and O–H groups in total. The van der Waals surface area contributed by atoms with Crippen LogP contribution < -0.4 is 14.8 Å². The second kappa shape index (κ2) is 6.94. The fourth-order valence-corrected chi connectivity index (χ4v) is 2.07. The average molecular weight is 295 g/mol. The van der Waals surface area contributed by atoms with Crippen molar-refractivity contribution in [3.8, 4) is 11.5 Å². The standard InChI is InChI=1S/C14H17NO6/c1-19-11-4-2-3-5-12(11)21-8-13(16)15-10-7-20-6-9(10)14(17)18/h2-5,9-10H,6-8H2,1H3,(H,15,16)(H,17,18). The fraction of sp³-hybridized carbons (Fsp3) is 0.429. The molecule has 0 bridgehead atoms. The molecule has 1 amide bonds. The van der Waals surface area contributed by atoms with Crippen molar-refractivity contribution >= 4 is 11.9 Å². The number of carbonyl (C=O) groups is 2. The highest BCUT2D eigenvalue weighted by molar-refractivity contribution is 5.79. The van der Waals surface area contributed by atoms with E-state index in [2.05, 4.69) is 5.32 Å². The number of hydrogen-bond donors (Lipinski definition) is 2. The summed E-state index contributed by atoms with van der Waals surface area (Å²) in [7, 11) is 1.51. The molecule has 1 saturated heterocycles. The van der Waals surface area contributed by atoms with Crippen LogP contribution in [0, 0.1) is 5.92 Å². The summed E-state index contributed by atoms with van der Waals surface area (Å²) in [6, 6.07) is 6.43. The molecule has 114 valence electrons. The number of rotatable bonds is 6. The first-order valence-corrected chi connectivity index (χ1v) is 6.47. The summed E-state index contributed by atoms with van der Waals surface area (Å²) >= 11 is 0. The molecule has 2 rings (SSSR count). The number of methoxy groups -OCH3 is 1. The molecule has 21 heavy (non-hydrogen) atoms. The van der Waals surface area contributed by atoms with Gasteiger partial charge in [-0.15, -0.1) is 0 Å². The van der Waals surface area contributed by atoms with Gasteiger partial charge in [-0.3, -0.25) is 9.59 Å². The lowest BCUT2D eigenvalue weighted by atomic mass is 10.0. The Morgan fingerprint density at radius 3 is 2.71 bits per heavy atom. The zero-order valence-corrected chi connectivity index (χ0v) is 11.6. The van der Waals surface area contributed by atoms with Crippen molar-refractivity contribution in [1.29, 1.82) is 0 Å². The van der Waals surface area contributed by atoms with Crippen LogP contribution in [0.1, 0.15) is 0 Å². The van der Waals surface area contributed by atoms with Gasteiger partial charge in [-0.05, 0) is 12.1 Å². The summed E-state index contributed by atoms with van der Waals surface area (Å²) in [6.45, 7) is 0.0776. The van der Waals surface area contributed by atoms with Crippen molar-refractivity contribution in [2.24, 2.45) is 5.92 Å². The highest BCUT2D eigenvalue weighted by Crippen LogP contribution is 2.25. The minimum Gasteiger partial charge on any atom is -0.493 e. The van der Waals surface area contributed by atoms with Crippen LogP contribution in [0.5, 0.6) is 11.5 Å². The van der Waals surface area contributed by atoms with Crippen LogP contribution in [0.25, 0.3) is 0 Å². The molecule has 2 unspecified atom stereocenters. The molecule has 0 spiro atoms. The Kier molecular flexibility index (Phi) is 4.99. The van der Waals surface area contributed by atoms with Gasteiger partial charge in [-0.1, -0.05) is 12.1 Å². The van der Waals surface area contributed by atoms with Crippen LogP contribution in [0.15, 0.2) is 24.3 Å². The highest BCUT2D eigenvalue weighted by atomic mass is 16.5. The number of hydrogen-bond acceptors (Lipinski definition) is 5. The van der Waals surface area contributed by atoms with Gasteiger partial charge in [-0.2, -0.15) is 0 Å². The minimum atomic E-state index is -0.983. The van der Waals surface area contributed by atoms with E-state index in [1.54, 1.807) is 24.3 Å². The van der Waals surface area contributed by atoms with Crippen molar-refractivity contribution in [2.45, 2.75) is 6.04 Å². The van der Waals surface area contributed by atoms with Crippen LogP contribution in [0.4, 0.5) is 0 Å². The van der Waals surface area contributed by atoms with E-state index in [-0.39, 0.29) is 19.8 Å². The van der Waals surface area contributed by atoms with Gasteiger partial charge in [0.1, 0.15) is 5.92 Å². The molecule has 0 radical (unpaired) electrons. The maximum Gasteiger partial charge on any atom is 0.311 e. The lowest BCUT2D eigenvalue weighted by Crippen LogP contribution is -2.44. The van der Waals surface area contributed by atoms with Crippen molar-refractivity contribution in [3.63, 3.8) is 0 Å². The van der Waals surface area contributed by atoms with E-state index < -0.39 is 23.8 Å². The number of carboxylic acid groups (broad SMARTS) is 1. The number of nitrogens with one attached hydrogen (secondary N) is 1. The summed E-state index contributed by atoms with van der Waals surface area (Å²) in [6.07, 6.45) is 0. The Balaban J connectivity index is 1.86. The van der Waals surface area contributed by atoms with E-state index in [1.807, 2.05) is 0 Å².